The molecule has 1 amide bonds. The Hall–Kier alpha value is -3.10. The highest BCUT2D eigenvalue weighted by Gasteiger charge is 2.55. The van der Waals surface area contributed by atoms with Gasteiger partial charge in [0.15, 0.2) is 5.60 Å². The number of aromatic hydroxyl groups is 1. The number of phenolic OH excluding ortho intramolecular Hbond substituents is 1. The zero-order chi connectivity index (χ0) is 24.0. The molecular weight excluding hydrogens is 433 g/mol. The predicted molar refractivity (Wildman–Crippen MR) is 120 cm³/mol. The molecule has 1 atom stereocenters. The number of rotatable bonds is 6. The molecule has 0 saturated carbocycles. The number of halogens is 3. The standard InChI is InChI=1S/C25H25F3N2O3/c1-3-29(4-2)11-12-30-21-15-19(31)14-20(25(26,27)28)22(21)24(33,23(30)32)18-10-9-16-7-5-6-8-17(16)13-18/h5-10,13-15,31,33H,3-4,11-12H2,1-2H3. The quantitative estimate of drug-likeness (QED) is 0.572. The summed E-state index contributed by atoms with van der Waals surface area (Å²) in [6.07, 6.45) is -4.89. The molecule has 0 aliphatic carbocycles. The molecule has 5 nitrogen and oxygen atoms in total. The second-order valence-electron chi connectivity index (χ2n) is 8.14. The van der Waals surface area contributed by atoms with Gasteiger partial charge in [0.05, 0.1) is 11.3 Å². The molecule has 0 saturated heterocycles. The zero-order valence-corrected chi connectivity index (χ0v) is 18.4. The fraction of sp³-hybridized carbons (Fsp3) is 0.320. The van der Waals surface area contributed by atoms with Crippen LogP contribution in [0.3, 0.4) is 0 Å². The maximum absolute atomic E-state index is 14.1. The molecule has 0 bridgehead atoms. The minimum absolute atomic E-state index is 0.0500. The number of likely N-dealkylation sites (N-methyl/N-ethyl adjacent to an activating group) is 1. The van der Waals surface area contributed by atoms with Gasteiger partial charge in [-0.3, -0.25) is 4.79 Å². The lowest BCUT2D eigenvalue weighted by molar-refractivity contribution is -0.142. The number of anilines is 1. The van der Waals surface area contributed by atoms with Crippen molar-refractivity contribution in [1.29, 1.82) is 0 Å². The highest BCUT2D eigenvalue weighted by molar-refractivity contribution is 6.10. The van der Waals surface area contributed by atoms with Gasteiger partial charge in [0, 0.05) is 24.7 Å². The first-order chi connectivity index (χ1) is 15.6. The third kappa shape index (κ3) is 3.83. The van der Waals surface area contributed by atoms with E-state index in [0.717, 1.165) is 16.4 Å². The smallest absolute Gasteiger partial charge is 0.417 e. The molecule has 2 N–H and O–H groups in total. The van der Waals surface area contributed by atoms with E-state index in [9.17, 15) is 28.2 Å². The van der Waals surface area contributed by atoms with Crippen molar-refractivity contribution in [2.75, 3.05) is 31.1 Å². The second kappa shape index (κ2) is 8.35. The number of nitrogens with zero attached hydrogens (tertiary/aromatic N) is 2. The number of amides is 1. The average Bonchev–Trinajstić information content (AvgIpc) is 3.00. The van der Waals surface area contributed by atoms with Crippen LogP contribution >= 0.6 is 0 Å². The lowest BCUT2D eigenvalue weighted by Gasteiger charge is -2.26. The Morgan fingerprint density at radius 3 is 2.30 bits per heavy atom. The van der Waals surface area contributed by atoms with Crippen LogP contribution in [0.4, 0.5) is 18.9 Å². The molecule has 0 radical (unpaired) electrons. The maximum Gasteiger partial charge on any atom is 0.417 e. The molecule has 8 heteroatoms. The van der Waals surface area contributed by atoms with Gasteiger partial charge in [-0.2, -0.15) is 13.2 Å². The van der Waals surface area contributed by atoms with E-state index in [1.807, 2.05) is 30.9 Å². The van der Waals surface area contributed by atoms with Gasteiger partial charge in [0.2, 0.25) is 0 Å². The Labute approximate surface area is 189 Å². The summed E-state index contributed by atoms with van der Waals surface area (Å²) in [6, 6.07) is 13.6. The molecule has 1 aliphatic heterocycles. The fourth-order valence-corrected chi connectivity index (χ4v) is 4.53. The Morgan fingerprint density at radius 2 is 1.67 bits per heavy atom. The topological polar surface area (TPSA) is 64.0 Å². The van der Waals surface area contributed by atoms with Crippen molar-refractivity contribution in [3.63, 3.8) is 0 Å². The summed E-state index contributed by atoms with van der Waals surface area (Å²) >= 11 is 0. The first-order valence-electron chi connectivity index (χ1n) is 10.8. The number of hydrogen-bond donors (Lipinski definition) is 2. The Kier molecular flexibility index (Phi) is 5.84. The summed E-state index contributed by atoms with van der Waals surface area (Å²) in [4.78, 5) is 16.8. The minimum Gasteiger partial charge on any atom is -0.508 e. The van der Waals surface area contributed by atoms with Crippen LogP contribution in [0.5, 0.6) is 5.75 Å². The number of aliphatic hydroxyl groups is 1. The molecule has 33 heavy (non-hydrogen) atoms. The summed E-state index contributed by atoms with van der Waals surface area (Å²) in [6.45, 7) is 5.78. The van der Waals surface area contributed by atoms with Gasteiger partial charge < -0.3 is 20.0 Å². The van der Waals surface area contributed by atoms with Gasteiger partial charge in [-0.15, -0.1) is 0 Å². The van der Waals surface area contributed by atoms with Gasteiger partial charge in [-0.1, -0.05) is 50.2 Å². The zero-order valence-electron chi connectivity index (χ0n) is 18.4. The van der Waals surface area contributed by atoms with Crippen LogP contribution in [0.2, 0.25) is 0 Å². The van der Waals surface area contributed by atoms with Crippen LogP contribution in [-0.2, 0) is 16.6 Å². The van der Waals surface area contributed by atoms with Crippen molar-refractivity contribution < 1.29 is 28.2 Å². The lowest BCUT2D eigenvalue weighted by Crippen LogP contribution is -2.44. The van der Waals surface area contributed by atoms with Crippen molar-refractivity contribution in [1.82, 2.24) is 4.90 Å². The number of hydrogen-bond acceptors (Lipinski definition) is 4. The largest absolute Gasteiger partial charge is 0.508 e. The lowest BCUT2D eigenvalue weighted by atomic mass is 9.83. The summed E-state index contributed by atoms with van der Waals surface area (Å²) in [5.41, 5.74) is -4.40. The van der Waals surface area contributed by atoms with Crippen molar-refractivity contribution in [2.24, 2.45) is 0 Å². The SMILES string of the molecule is CCN(CC)CCN1C(=O)C(O)(c2ccc3ccccc3c2)c2c1cc(O)cc2C(F)(F)F. The molecule has 1 heterocycles. The molecule has 174 valence electrons. The van der Waals surface area contributed by atoms with E-state index in [0.29, 0.717) is 31.1 Å². The van der Waals surface area contributed by atoms with E-state index in [-0.39, 0.29) is 17.8 Å². The summed E-state index contributed by atoms with van der Waals surface area (Å²) in [7, 11) is 0. The molecule has 1 unspecified atom stereocenters. The number of carbonyl (C=O) groups is 1. The van der Waals surface area contributed by atoms with Gasteiger partial charge in [-0.05, 0) is 41.6 Å². The Morgan fingerprint density at radius 1 is 1.00 bits per heavy atom. The third-order valence-corrected chi connectivity index (χ3v) is 6.32. The van der Waals surface area contributed by atoms with Crippen LogP contribution in [0.15, 0.2) is 54.6 Å². The van der Waals surface area contributed by atoms with E-state index in [2.05, 4.69) is 0 Å². The normalized spacial score (nSPS) is 18.4. The number of alkyl halides is 3. The molecule has 0 spiro atoms. The first kappa shape index (κ1) is 23.1. The molecule has 0 fully saturated rings. The number of carbonyl (C=O) groups excluding carboxylic acids is 1. The van der Waals surface area contributed by atoms with Crippen molar-refractivity contribution in [3.05, 3.63) is 71.3 Å². The number of phenols is 1. The predicted octanol–water partition coefficient (Wildman–Crippen LogP) is 4.49. The Bertz CT molecular complexity index is 1210. The van der Waals surface area contributed by atoms with Gasteiger partial charge in [0.25, 0.3) is 5.91 Å². The van der Waals surface area contributed by atoms with Crippen LogP contribution in [0, 0.1) is 0 Å². The molecule has 1 aliphatic rings. The van der Waals surface area contributed by atoms with Crippen LogP contribution in [0.25, 0.3) is 10.8 Å². The maximum atomic E-state index is 14.1. The van der Waals surface area contributed by atoms with Gasteiger partial charge >= 0.3 is 6.18 Å². The summed E-state index contributed by atoms with van der Waals surface area (Å²) in [5, 5.41) is 23.3. The third-order valence-electron chi connectivity index (χ3n) is 6.32. The molecule has 4 rings (SSSR count). The first-order valence-corrected chi connectivity index (χ1v) is 10.8. The molecular formula is C25H25F3N2O3. The van der Waals surface area contributed by atoms with Crippen molar-refractivity contribution >= 4 is 22.4 Å². The van der Waals surface area contributed by atoms with Crippen molar-refractivity contribution in [2.45, 2.75) is 25.6 Å². The molecule has 0 aromatic heterocycles. The van der Waals surface area contributed by atoms with Crippen LogP contribution < -0.4 is 4.90 Å². The van der Waals surface area contributed by atoms with E-state index >= 15 is 0 Å². The Balaban J connectivity index is 1.93. The number of fused-ring (bicyclic) bond motifs is 2. The van der Waals surface area contributed by atoms with E-state index in [4.69, 9.17) is 0 Å². The highest BCUT2D eigenvalue weighted by Crippen LogP contribution is 2.51. The van der Waals surface area contributed by atoms with Crippen molar-refractivity contribution in [3.8, 4) is 5.75 Å². The number of benzene rings is 3. The molecule has 3 aromatic carbocycles. The van der Waals surface area contributed by atoms with Crippen LogP contribution in [-0.4, -0.2) is 47.2 Å². The average molecular weight is 458 g/mol. The van der Waals surface area contributed by atoms with Gasteiger partial charge in [-0.25, -0.2) is 0 Å². The van der Waals surface area contributed by atoms with E-state index in [1.54, 1.807) is 18.2 Å². The van der Waals surface area contributed by atoms with E-state index < -0.39 is 34.6 Å². The van der Waals surface area contributed by atoms with E-state index in [1.165, 1.54) is 12.1 Å². The second-order valence-corrected chi connectivity index (χ2v) is 8.14. The monoisotopic (exact) mass is 458 g/mol. The highest BCUT2D eigenvalue weighted by atomic mass is 19.4. The summed E-state index contributed by atoms with van der Waals surface area (Å²) in [5.74, 6) is -1.49. The fourth-order valence-electron chi connectivity index (χ4n) is 4.53. The molecule has 3 aromatic rings. The van der Waals surface area contributed by atoms with Gasteiger partial charge in [0.1, 0.15) is 5.75 Å². The van der Waals surface area contributed by atoms with Crippen LogP contribution in [0.1, 0.15) is 30.5 Å². The summed E-state index contributed by atoms with van der Waals surface area (Å²) < 4.78 is 42.2. The minimum atomic E-state index is -4.89.